The molecule has 0 radical (unpaired) electrons. The largest absolute Gasteiger partial charge is 0.306 e. The Kier molecular flexibility index (Phi) is 5.35. The molecule has 0 heterocycles. The molecule has 0 fully saturated rings. The molecule has 0 aromatic carbocycles. The molecule has 0 aliphatic heterocycles. The number of hydrogen-bond acceptors (Lipinski definition) is 3. The summed E-state index contributed by atoms with van der Waals surface area (Å²) in [4.78, 5) is 20.8. The van der Waals surface area contributed by atoms with Gasteiger partial charge in [-0.3, -0.25) is 9.59 Å². The second kappa shape index (κ2) is 5.45. The van der Waals surface area contributed by atoms with E-state index >= 15 is 0 Å². The van der Waals surface area contributed by atoms with Gasteiger partial charge in [0.2, 0.25) is 0 Å². The van der Waals surface area contributed by atoms with E-state index in [0.29, 0.717) is 0 Å². The Balaban J connectivity index is 3.53. The lowest BCUT2D eigenvalue weighted by Crippen LogP contribution is -2.07. The smallest absolute Gasteiger partial charge is 0.193 e. The van der Waals surface area contributed by atoms with Crippen molar-refractivity contribution >= 4 is 34.6 Å². The highest BCUT2D eigenvalue weighted by atomic mass is 32.2. The van der Waals surface area contributed by atoms with Gasteiger partial charge in [0, 0.05) is 6.42 Å². The molecule has 1 N–H and O–H groups in total. The third-order valence-corrected chi connectivity index (χ3v) is 1.62. The highest BCUT2D eigenvalue weighted by molar-refractivity contribution is 7.96. The van der Waals surface area contributed by atoms with Gasteiger partial charge < -0.3 is 4.55 Å². The quantitative estimate of drug-likeness (QED) is 0.369. The van der Waals surface area contributed by atoms with Crippen LogP contribution in [0.3, 0.4) is 0 Å². The second-order valence-electron chi connectivity index (χ2n) is 1.88. The average Bonchev–Trinajstić information content (AvgIpc) is 1.82. The maximum absolute atomic E-state index is 10.6. The minimum Gasteiger partial charge on any atom is -0.306 e. The summed E-state index contributed by atoms with van der Waals surface area (Å²) in [5, 5.41) is -0.515. The number of carbonyl (C=O) groups is 2. The lowest BCUT2D eigenvalue weighted by Gasteiger charge is -1.93. The average molecular weight is 196 g/mol. The van der Waals surface area contributed by atoms with Gasteiger partial charge >= 0.3 is 0 Å². The monoisotopic (exact) mass is 196 g/mol. The fraction of sp³-hybridized carbons (Fsp3) is 0.600. The van der Waals surface area contributed by atoms with Gasteiger partial charge in [0.25, 0.3) is 0 Å². The van der Waals surface area contributed by atoms with Crippen molar-refractivity contribution in [1.82, 2.24) is 0 Å². The van der Waals surface area contributed by atoms with Crippen molar-refractivity contribution in [2.45, 2.75) is 12.8 Å². The van der Waals surface area contributed by atoms with Crippen LogP contribution in [0.5, 0.6) is 0 Å². The van der Waals surface area contributed by atoms with Gasteiger partial charge in [0.05, 0.1) is 12.2 Å². The zero-order chi connectivity index (χ0) is 8.85. The summed E-state index contributed by atoms with van der Waals surface area (Å²) < 4.78 is 18.3. The Morgan fingerprint density at radius 2 is 2.00 bits per heavy atom. The maximum Gasteiger partial charge on any atom is 0.193 e. The van der Waals surface area contributed by atoms with Crippen molar-refractivity contribution in [1.29, 1.82) is 0 Å². The van der Waals surface area contributed by atoms with Crippen LogP contribution in [-0.4, -0.2) is 25.4 Å². The van der Waals surface area contributed by atoms with Gasteiger partial charge in [-0.05, 0) is 0 Å². The van der Waals surface area contributed by atoms with E-state index in [1.165, 1.54) is 0 Å². The molecule has 64 valence electrons. The molecule has 0 amide bonds. The van der Waals surface area contributed by atoms with E-state index in [-0.39, 0.29) is 24.4 Å². The summed E-state index contributed by atoms with van der Waals surface area (Å²) in [6, 6.07) is 0. The number of ketones is 1. The lowest BCUT2D eigenvalue weighted by molar-refractivity contribution is -0.122. The highest BCUT2D eigenvalue weighted by Gasteiger charge is 2.06. The van der Waals surface area contributed by atoms with Crippen molar-refractivity contribution in [3.63, 3.8) is 0 Å². The predicted molar refractivity (Wildman–Crippen MR) is 43.9 cm³/mol. The molecule has 0 bridgehead atoms. The summed E-state index contributed by atoms with van der Waals surface area (Å²) in [7, 11) is 0. The van der Waals surface area contributed by atoms with Crippen LogP contribution in [0, 0.1) is 0 Å². The van der Waals surface area contributed by atoms with Gasteiger partial charge in [-0.2, -0.15) is 0 Å². The van der Waals surface area contributed by atoms with Crippen LogP contribution in [0.2, 0.25) is 0 Å². The van der Waals surface area contributed by atoms with E-state index in [9.17, 15) is 13.8 Å². The first-order valence-electron chi connectivity index (χ1n) is 2.83. The van der Waals surface area contributed by atoms with Crippen molar-refractivity contribution in [3.05, 3.63) is 0 Å². The van der Waals surface area contributed by atoms with Crippen molar-refractivity contribution < 1.29 is 18.4 Å². The zero-order valence-corrected chi connectivity index (χ0v) is 7.36. The van der Waals surface area contributed by atoms with Crippen molar-refractivity contribution in [3.8, 4) is 0 Å². The van der Waals surface area contributed by atoms with Crippen LogP contribution in [0.1, 0.15) is 12.8 Å². The van der Waals surface area contributed by atoms with E-state index in [1.807, 2.05) is 0 Å². The Labute approximate surface area is 72.1 Å². The van der Waals surface area contributed by atoms with Crippen LogP contribution in [-0.2, 0) is 20.7 Å². The van der Waals surface area contributed by atoms with E-state index in [1.54, 1.807) is 0 Å². The lowest BCUT2D eigenvalue weighted by atomic mass is 10.2. The van der Waals surface area contributed by atoms with Gasteiger partial charge in [-0.15, -0.1) is 12.6 Å². The molecule has 0 spiro atoms. The second-order valence-corrected chi connectivity index (χ2v) is 3.43. The van der Waals surface area contributed by atoms with Crippen LogP contribution >= 0.6 is 12.6 Å². The first-order valence-corrected chi connectivity index (χ1v) is 4.55. The predicted octanol–water partition coefficient (Wildman–Crippen LogP) is 0.0138. The van der Waals surface area contributed by atoms with Crippen molar-refractivity contribution in [2.24, 2.45) is 0 Å². The Hall–Kier alpha value is -0.200. The molecule has 0 aliphatic carbocycles. The molecule has 0 saturated carbocycles. The third kappa shape index (κ3) is 7.70. The Morgan fingerprint density at radius 1 is 1.45 bits per heavy atom. The summed E-state index contributed by atoms with van der Waals surface area (Å²) >= 11 is 1.43. The molecule has 6 heteroatoms. The van der Waals surface area contributed by atoms with Gasteiger partial charge in [0.15, 0.2) is 16.2 Å². The molecular weight excluding hydrogens is 188 g/mol. The number of Topliss-reactive ketones (excluding diaryl/α,β-unsaturated/α-hetero) is 1. The van der Waals surface area contributed by atoms with Crippen LogP contribution in [0.15, 0.2) is 0 Å². The van der Waals surface area contributed by atoms with Gasteiger partial charge in [-0.1, -0.05) is 0 Å². The number of carbonyl (C=O) groups excluding carboxylic acids is 2. The Morgan fingerprint density at radius 3 is 2.36 bits per heavy atom. The summed E-state index contributed by atoms with van der Waals surface area (Å²) in [6.45, 7) is 0. The van der Waals surface area contributed by atoms with E-state index in [4.69, 9.17) is 4.55 Å². The fourth-order valence-corrected chi connectivity index (χ4v) is 1.04. The topological polar surface area (TPSA) is 71.4 Å². The molecule has 4 nitrogen and oxygen atoms in total. The van der Waals surface area contributed by atoms with Crippen LogP contribution in [0.4, 0.5) is 0 Å². The first kappa shape index (κ1) is 10.8. The third-order valence-electron chi connectivity index (χ3n) is 0.904. The summed E-state index contributed by atoms with van der Waals surface area (Å²) in [6.07, 6.45) is -0.310. The molecule has 0 aromatic heterocycles. The van der Waals surface area contributed by atoms with Gasteiger partial charge in [0.1, 0.15) is 5.78 Å². The maximum atomic E-state index is 10.6. The molecule has 11 heavy (non-hydrogen) atoms. The summed E-state index contributed by atoms with van der Waals surface area (Å²) in [5.74, 6) is -0.465. The Bertz CT molecular complexity index is 189. The van der Waals surface area contributed by atoms with Crippen LogP contribution in [0.25, 0.3) is 0 Å². The molecule has 0 saturated heterocycles. The van der Waals surface area contributed by atoms with Gasteiger partial charge in [-0.25, -0.2) is 4.21 Å². The SMILES string of the molecule is O=C(S)CC(=O)CCS(=O)O. The highest BCUT2D eigenvalue weighted by Crippen LogP contribution is 1.95. The number of thiol groups is 1. The summed E-state index contributed by atoms with van der Waals surface area (Å²) in [5.41, 5.74) is 0. The van der Waals surface area contributed by atoms with E-state index in [2.05, 4.69) is 12.6 Å². The standard InChI is InChI=1S/C5H8O4S2/c6-4(3-5(7)10)1-2-11(8)9/h1-3H2,(H,7,10)(H,8,9). The normalized spacial score (nSPS) is 12.5. The minimum absolute atomic E-state index is 0.0462. The van der Waals surface area contributed by atoms with E-state index in [0.717, 1.165) is 0 Å². The number of rotatable bonds is 5. The molecule has 0 aromatic rings. The van der Waals surface area contributed by atoms with E-state index < -0.39 is 16.2 Å². The minimum atomic E-state index is -1.96. The fourth-order valence-electron chi connectivity index (χ4n) is 0.458. The zero-order valence-electron chi connectivity index (χ0n) is 5.65. The first-order chi connectivity index (χ1) is 5.02. The van der Waals surface area contributed by atoms with Crippen molar-refractivity contribution in [2.75, 3.05) is 5.75 Å². The molecule has 1 atom stereocenters. The van der Waals surface area contributed by atoms with Crippen LogP contribution < -0.4 is 0 Å². The number of hydrogen-bond donors (Lipinski definition) is 2. The molecule has 0 rings (SSSR count). The molecule has 0 aliphatic rings. The molecular formula is C5H8O4S2. The molecule has 1 unspecified atom stereocenters.